The Balaban J connectivity index is 1.48. The van der Waals surface area contributed by atoms with Gasteiger partial charge in [0.1, 0.15) is 0 Å². The maximum Gasteiger partial charge on any atom is 0.261 e. The third-order valence-corrected chi connectivity index (χ3v) is 5.88. The van der Waals surface area contributed by atoms with E-state index in [1.807, 2.05) is 47.3 Å². The van der Waals surface area contributed by atoms with Crippen LogP contribution in [-0.4, -0.2) is 39.4 Å². The largest absolute Gasteiger partial charge is 0.354 e. The SMILES string of the molecule is CNC(=O)c1ccc([C@@H]2CCCN2Cc2cn(-c3ccccc3)nn2)s1. The molecule has 1 aromatic carbocycles. The Labute approximate surface area is 156 Å². The number of aromatic nitrogens is 3. The number of para-hydroxylation sites is 1. The number of nitrogens with zero attached hydrogens (tertiary/aromatic N) is 4. The number of nitrogens with one attached hydrogen (secondary N) is 1. The van der Waals surface area contributed by atoms with E-state index in [4.69, 9.17) is 0 Å². The molecule has 1 N–H and O–H groups in total. The normalized spacial score (nSPS) is 17.5. The van der Waals surface area contributed by atoms with Gasteiger partial charge in [-0.2, -0.15) is 0 Å². The lowest BCUT2D eigenvalue weighted by atomic mass is 10.2. The van der Waals surface area contributed by atoms with Gasteiger partial charge >= 0.3 is 0 Å². The lowest BCUT2D eigenvalue weighted by Gasteiger charge is -2.22. The molecule has 0 saturated carbocycles. The molecule has 0 aliphatic carbocycles. The Morgan fingerprint density at radius 3 is 2.92 bits per heavy atom. The molecule has 0 radical (unpaired) electrons. The van der Waals surface area contributed by atoms with Gasteiger partial charge in [-0.3, -0.25) is 9.69 Å². The zero-order valence-electron chi connectivity index (χ0n) is 14.6. The molecule has 0 spiro atoms. The predicted molar refractivity (Wildman–Crippen MR) is 101 cm³/mol. The number of hydrogen-bond acceptors (Lipinski definition) is 5. The molecule has 1 saturated heterocycles. The molecule has 1 amide bonds. The summed E-state index contributed by atoms with van der Waals surface area (Å²) >= 11 is 1.58. The van der Waals surface area contributed by atoms with Crippen LogP contribution in [0.5, 0.6) is 0 Å². The minimum atomic E-state index is -0.0170. The third kappa shape index (κ3) is 3.40. The highest BCUT2D eigenvalue weighted by molar-refractivity contribution is 7.14. The molecule has 6 nitrogen and oxygen atoms in total. The number of thiophene rings is 1. The molecule has 2 aromatic heterocycles. The maximum atomic E-state index is 11.8. The fraction of sp³-hybridized carbons (Fsp3) is 0.316. The number of benzene rings is 1. The molecule has 134 valence electrons. The van der Waals surface area contributed by atoms with Crippen LogP contribution in [0.25, 0.3) is 5.69 Å². The van der Waals surface area contributed by atoms with Crippen molar-refractivity contribution in [2.45, 2.75) is 25.4 Å². The number of amides is 1. The van der Waals surface area contributed by atoms with Gasteiger partial charge in [-0.1, -0.05) is 23.4 Å². The molecule has 0 unspecified atom stereocenters. The number of carbonyl (C=O) groups excluding carboxylic acids is 1. The molecule has 0 bridgehead atoms. The molecule has 1 fully saturated rings. The Hall–Kier alpha value is -2.51. The van der Waals surface area contributed by atoms with Crippen LogP contribution in [-0.2, 0) is 6.54 Å². The van der Waals surface area contributed by atoms with Crippen molar-refractivity contribution in [2.75, 3.05) is 13.6 Å². The Bertz CT molecular complexity index is 888. The van der Waals surface area contributed by atoms with Gasteiger partial charge in [-0.15, -0.1) is 16.4 Å². The van der Waals surface area contributed by atoms with E-state index in [1.165, 1.54) is 4.88 Å². The average molecular weight is 367 g/mol. The predicted octanol–water partition coefficient (Wildman–Crippen LogP) is 3.03. The van der Waals surface area contributed by atoms with Gasteiger partial charge in [0.05, 0.1) is 22.5 Å². The Morgan fingerprint density at radius 1 is 1.27 bits per heavy atom. The molecule has 3 aromatic rings. The number of carbonyl (C=O) groups is 1. The average Bonchev–Trinajstić information content (AvgIpc) is 3.42. The second-order valence-corrected chi connectivity index (χ2v) is 7.51. The topological polar surface area (TPSA) is 63.1 Å². The van der Waals surface area contributed by atoms with Crippen LogP contribution < -0.4 is 5.32 Å². The van der Waals surface area contributed by atoms with E-state index < -0.39 is 0 Å². The first-order valence-corrected chi connectivity index (χ1v) is 9.59. The zero-order chi connectivity index (χ0) is 17.9. The fourth-order valence-corrected chi connectivity index (χ4v) is 4.52. The van der Waals surface area contributed by atoms with E-state index in [9.17, 15) is 4.79 Å². The fourth-order valence-electron chi connectivity index (χ4n) is 3.40. The van der Waals surface area contributed by atoms with Crippen molar-refractivity contribution in [1.29, 1.82) is 0 Å². The van der Waals surface area contributed by atoms with Gasteiger partial charge in [0.25, 0.3) is 5.91 Å². The maximum absolute atomic E-state index is 11.8. The summed E-state index contributed by atoms with van der Waals surface area (Å²) in [5.74, 6) is -0.0170. The van der Waals surface area contributed by atoms with Crippen LogP contribution >= 0.6 is 11.3 Å². The van der Waals surface area contributed by atoms with Crippen LogP contribution in [0, 0.1) is 0 Å². The summed E-state index contributed by atoms with van der Waals surface area (Å²) in [6, 6.07) is 14.4. The number of likely N-dealkylation sites (tertiary alicyclic amines) is 1. The van der Waals surface area contributed by atoms with Gasteiger partial charge in [0.15, 0.2) is 0 Å². The third-order valence-electron chi connectivity index (χ3n) is 4.70. The molecule has 3 heterocycles. The first-order chi connectivity index (χ1) is 12.7. The first-order valence-electron chi connectivity index (χ1n) is 8.77. The minimum absolute atomic E-state index is 0.0170. The van der Waals surface area contributed by atoms with Crippen LogP contribution in [0.3, 0.4) is 0 Å². The van der Waals surface area contributed by atoms with Gasteiger partial charge in [-0.05, 0) is 43.7 Å². The van der Waals surface area contributed by atoms with Crippen molar-refractivity contribution in [3.8, 4) is 5.69 Å². The molecule has 1 aliphatic rings. The van der Waals surface area contributed by atoms with Crippen LogP contribution in [0.2, 0.25) is 0 Å². The minimum Gasteiger partial charge on any atom is -0.354 e. The Morgan fingerprint density at radius 2 is 2.12 bits per heavy atom. The van der Waals surface area contributed by atoms with Crippen LogP contribution in [0.4, 0.5) is 0 Å². The molecule has 1 atom stereocenters. The highest BCUT2D eigenvalue weighted by Gasteiger charge is 2.28. The van der Waals surface area contributed by atoms with Gasteiger partial charge < -0.3 is 5.32 Å². The van der Waals surface area contributed by atoms with Crippen molar-refractivity contribution in [3.63, 3.8) is 0 Å². The molecule has 26 heavy (non-hydrogen) atoms. The summed E-state index contributed by atoms with van der Waals surface area (Å²) in [7, 11) is 1.67. The van der Waals surface area contributed by atoms with Crippen LogP contribution in [0.15, 0.2) is 48.7 Å². The summed E-state index contributed by atoms with van der Waals surface area (Å²) in [6.45, 7) is 1.81. The van der Waals surface area contributed by atoms with Gasteiger partial charge in [0, 0.05) is 24.5 Å². The number of rotatable bonds is 5. The van der Waals surface area contributed by atoms with Crippen molar-refractivity contribution in [2.24, 2.45) is 0 Å². The number of hydrogen-bond donors (Lipinski definition) is 1. The van der Waals surface area contributed by atoms with E-state index in [-0.39, 0.29) is 5.91 Å². The summed E-state index contributed by atoms with van der Waals surface area (Å²) < 4.78 is 1.81. The lowest BCUT2D eigenvalue weighted by Crippen LogP contribution is -2.22. The quantitative estimate of drug-likeness (QED) is 0.753. The van der Waals surface area contributed by atoms with Crippen molar-refractivity contribution in [1.82, 2.24) is 25.2 Å². The van der Waals surface area contributed by atoms with E-state index in [1.54, 1.807) is 18.4 Å². The van der Waals surface area contributed by atoms with E-state index >= 15 is 0 Å². The molecule has 4 rings (SSSR count). The summed E-state index contributed by atoms with van der Waals surface area (Å²) in [4.78, 5) is 16.3. The summed E-state index contributed by atoms with van der Waals surface area (Å²) in [5, 5.41) is 11.3. The summed E-state index contributed by atoms with van der Waals surface area (Å²) in [6.07, 6.45) is 4.26. The highest BCUT2D eigenvalue weighted by Crippen LogP contribution is 2.36. The molecular formula is C19H21N5OS. The van der Waals surface area contributed by atoms with E-state index in [2.05, 4.69) is 26.6 Å². The summed E-state index contributed by atoms with van der Waals surface area (Å²) in [5.41, 5.74) is 1.97. The smallest absolute Gasteiger partial charge is 0.261 e. The van der Waals surface area contributed by atoms with Crippen molar-refractivity contribution >= 4 is 17.2 Å². The zero-order valence-corrected chi connectivity index (χ0v) is 15.4. The second-order valence-electron chi connectivity index (χ2n) is 6.40. The van der Waals surface area contributed by atoms with Gasteiger partial charge in [0.2, 0.25) is 0 Å². The molecular weight excluding hydrogens is 346 g/mol. The van der Waals surface area contributed by atoms with Crippen LogP contribution in [0.1, 0.15) is 39.1 Å². The monoisotopic (exact) mass is 367 g/mol. The van der Waals surface area contributed by atoms with Gasteiger partial charge in [-0.25, -0.2) is 4.68 Å². The lowest BCUT2D eigenvalue weighted by molar-refractivity contribution is 0.0967. The Kier molecular flexibility index (Phi) is 4.81. The van der Waals surface area contributed by atoms with Crippen molar-refractivity contribution in [3.05, 3.63) is 64.1 Å². The van der Waals surface area contributed by atoms with E-state index in [0.29, 0.717) is 6.04 Å². The standard InChI is InChI=1S/C19H21N5OS/c1-20-19(25)18-10-9-17(26-18)16-8-5-11-23(16)12-14-13-24(22-21-14)15-6-3-2-4-7-15/h2-4,6-7,9-10,13,16H,5,8,11-12H2,1H3,(H,20,25)/t16-/m0/s1. The van der Waals surface area contributed by atoms with E-state index in [0.717, 1.165) is 42.2 Å². The van der Waals surface area contributed by atoms with Crippen molar-refractivity contribution < 1.29 is 4.79 Å². The molecule has 7 heteroatoms. The molecule has 1 aliphatic heterocycles. The highest BCUT2D eigenvalue weighted by atomic mass is 32.1. The first kappa shape index (κ1) is 16.9. The second kappa shape index (κ2) is 7.39.